The van der Waals surface area contributed by atoms with E-state index in [9.17, 15) is 13.2 Å². The van der Waals surface area contributed by atoms with Crippen molar-refractivity contribution in [2.75, 3.05) is 11.9 Å². The van der Waals surface area contributed by atoms with E-state index in [0.717, 1.165) is 24.8 Å². The van der Waals surface area contributed by atoms with Gasteiger partial charge in [-0.3, -0.25) is 14.5 Å². The number of hydrogen-bond acceptors (Lipinski definition) is 4. The summed E-state index contributed by atoms with van der Waals surface area (Å²) in [5.41, 5.74) is 1.35. The third-order valence-electron chi connectivity index (χ3n) is 4.36. The molecule has 0 unspecified atom stereocenters. The highest BCUT2D eigenvalue weighted by atomic mass is 35.5. The number of nitrogens with zero attached hydrogens (tertiary/aromatic N) is 1. The van der Waals surface area contributed by atoms with Crippen molar-refractivity contribution in [3.63, 3.8) is 0 Å². The van der Waals surface area contributed by atoms with Crippen LogP contribution in [0.15, 0.2) is 64.5 Å². The summed E-state index contributed by atoms with van der Waals surface area (Å²) >= 11 is 5.83. The maximum absolute atomic E-state index is 12.5. The zero-order chi connectivity index (χ0) is 20.7. The zero-order valence-corrected chi connectivity index (χ0v) is 17.3. The summed E-state index contributed by atoms with van der Waals surface area (Å²) in [7, 11) is -3.69. The monoisotopic (exact) mass is 431 g/mol. The average Bonchev–Trinajstić information content (AvgIpc) is 2.96. The molecule has 0 atom stereocenters. The molecule has 2 aromatic carbocycles. The number of nitrogens with one attached hydrogen (secondary N) is 2. The predicted molar refractivity (Wildman–Crippen MR) is 117 cm³/mol. The van der Waals surface area contributed by atoms with Gasteiger partial charge in [0.15, 0.2) is 0 Å². The van der Waals surface area contributed by atoms with Crippen LogP contribution in [0.2, 0.25) is 5.02 Å². The number of amides is 1. The Morgan fingerprint density at radius 1 is 1.00 bits per heavy atom. The Morgan fingerprint density at radius 3 is 2.45 bits per heavy atom. The number of amidine groups is 1. The third-order valence-corrected chi connectivity index (χ3v) is 6.00. The lowest BCUT2D eigenvalue weighted by atomic mass is 10.2. The lowest BCUT2D eigenvalue weighted by Crippen LogP contribution is -2.30. The Labute approximate surface area is 175 Å². The standard InChI is InChI=1S/C21H22ClN3O3S/c22-17-8-5-16(6-9-17)7-14-21(26)24-18-10-12-19(13-11-18)29(27,28)25-20-4-2-1-3-15-23-20/h5-14H,1-4,15H2,(H,23,25)(H,24,26)/b14-7+. The summed E-state index contributed by atoms with van der Waals surface area (Å²) in [6, 6.07) is 13.1. The van der Waals surface area contributed by atoms with E-state index in [1.807, 2.05) is 0 Å². The van der Waals surface area contributed by atoms with Crippen molar-refractivity contribution in [1.82, 2.24) is 4.72 Å². The van der Waals surface area contributed by atoms with Crippen LogP contribution < -0.4 is 10.0 Å². The van der Waals surface area contributed by atoms with Gasteiger partial charge in [0.2, 0.25) is 5.91 Å². The molecule has 0 spiro atoms. The Morgan fingerprint density at radius 2 is 1.72 bits per heavy atom. The molecule has 1 heterocycles. The fourth-order valence-corrected chi connectivity index (χ4v) is 4.03. The normalized spacial score (nSPS) is 14.9. The summed E-state index contributed by atoms with van der Waals surface area (Å²) < 4.78 is 27.6. The lowest BCUT2D eigenvalue weighted by Gasteiger charge is -2.10. The minimum atomic E-state index is -3.69. The van der Waals surface area contributed by atoms with Gasteiger partial charge in [-0.25, -0.2) is 8.42 Å². The summed E-state index contributed by atoms with van der Waals surface area (Å²) in [6.07, 6.45) is 6.66. The molecule has 1 aliphatic rings. The van der Waals surface area contributed by atoms with Gasteiger partial charge in [0, 0.05) is 29.8 Å². The number of rotatable bonds is 5. The molecule has 1 aliphatic heterocycles. The van der Waals surface area contributed by atoms with Crippen LogP contribution in [0.5, 0.6) is 0 Å². The van der Waals surface area contributed by atoms with Gasteiger partial charge in [0.25, 0.3) is 10.0 Å². The van der Waals surface area contributed by atoms with Crippen molar-refractivity contribution in [1.29, 1.82) is 0 Å². The van der Waals surface area contributed by atoms with Gasteiger partial charge in [-0.2, -0.15) is 0 Å². The van der Waals surface area contributed by atoms with Crippen molar-refractivity contribution >= 4 is 45.1 Å². The number of anilines is 1. The largest absolute Gasteiger partial charge is 0.323 e. The first-order chi connectivity index (χ1) is 13.9. The molecule has 0 saturated carbocycles. The van der Waals surface area contributed by atoms with Crippen molar-refractivity contribution in [2.24, 2.45) is 4.99 Å². The summed E-state index contributed by atoms with van der Waals surface area (Å²) in [5.74, 6) is 0.189. The number of carbonyl (C=O) groups excluding carboxylic acids is 1. The van der Waals surface area contributed by atoms with E-state index in [1.165, 1.54) is 18.2 Å². The van der Waals surface area contributed by atoms with Crippen molar-refractivity contribution in [2.45, 2.75) is 30.6 Å². The van der Waals surface area contributed by atoms with Gasteiger partial charge in [-0.1, -0.05) is 30.2 Å². The van der Waals surface area contributed by atoms with Gasteiger partial charge >= 0.3 is 0 Å². The van der Waals surface area contributed by atoms with Crippen LogP contribution in [-0.2, 0) is 14.8 Å². The topological polar surface area (TPSA) is 87.6 Å². The molecule has 8 heteroatoms. The molecule has 2 N–H and O–H groups in total. The van der Waals surface area contributed by atoms with Crippen molar-refractivity contribution in [3.05, 3.63) is 65.2 Å². The number of halogens is 1. The molecule has 0 saturated heterocycles. The predicted octanol–water partition coefficient (Wildman–Crippen LogP) is 4.24. The highest BCUT2D eigenvalue weighted by Crippen LogP contribution is 2.16. The first kappa shape index (κ1) is 21.1. The third kappa shape index (κ3) is 6.44. The zero-order valence-electron chi connectivity index (χ0n) is 15.8. The fourth-order valence-electron chi connectivity index (χ4n) is 2.82. The molecule has 0 bridgehead atoms. The smallest absolute Gasteiger partial charge is 0.262 e. The maximum atomic E-state index is 12.5. The van der Waals surface area contributed by atoms with Crippen LogP contribution in [0.1, 0.15) is 31.2 Å². The molecule has 29 heavy (non-hydrogen) atoms. The average molecular weight is 432 g/mol. The Bertz CT molecular complexity index is 1010. The second-order valence-corrected chi connectivity index (χ2v) is 8.76. The molecule has 0 fully saturated rings. The van der Waals surface area contributed by atoms with E-state index in [-0.39, 0.29) is 10.8 Å². The van der Waals surface area contributed by atoms with E-state index in [4.69, 9.17) is 11.6 Å². The van der Waals surface area contributed by atoms with E-state index < -0.39 is 10.0 Å². The quantitative estimate of drug-likeness (QED) is 0.694. The molecule has 0 aliphatic carbocycles. The van der Waals surface area contributed by atoms with Crippen LogP contribution in [0.25, 0.3) is 6.08 Å². The molecule has 3 rings (SSSR count). The summed E-state index contributed by atoms with van der Waals surface area (Å²) in [6.45, 7) is 0.645. The highest BCUT2D eigenvalue weighted by Gasteiger charge is 2.17. The molecule has 0 radical (unpaired) electrons. The highest BCUT2D eigenvalue weighted by molar-refractivity contribution is 7.90. The van der Waals surface area contributed by atoms with E-state index >= 15 is 0 Å². The van der Waals surface area contributed by atoms with Crippen LogP contribution in [0.3, 0.4) is 0 Å². The molecular formula is C21H22ClN3O3S. The number of sulfonamides is 1. The molecule has 0 aromatic heterocycles. The SMILES string of the molecule is O=C(/C=C/c1ccc(Cl)cc1)Nc1ccc(S(=O)(=O)NC2=NCCCCC2)cc1. The molecule has 1 amide bonds. The Balaban J connectivity index is 1.61. The second kappa shape index (κ2) is 9.71. The number of hydrogen-bond donors (Lipinski definition) is 2. The van der Waals surface area contributed by atoms with Gasteiger partial charge in [-0.05, 0) is 60.9 Å². The number of carbonyl (C=O) groups is 1. The lowest BCUT2D eigenvalue weighted by molar-refractivity contribution is -0.111. The molecule has 2 aromatic rings. The number of aliphatic imine (C=N–C) groups is 1. The van der Waals surface area contributed by atoms with Crippen molar-refractivity contribution in [3.8, 4) is 0 Å². The first-order valence-corrected chi connectivity index (χ1v) is 11.2. The van der Waals surface area contributed by atoms with Crippen molar-refractivity contribution < 1.29 is 13.2 Å². The van der Waals surface area contributed by atoms with Gasteiger partial charge in [-0.15, -0.1) is 0 Å². The minimum Gasteiger partial charge on any atom is -0.323 e. The maximum Gasteiger partial charge on any atom is 0.262 e. The van der Waals surface area contributed by atoms with Gasteiger partial charge in [0.05, 0.1) is 4.90 Å². The second-order valence-electron chi connectivity index (χ2n) is 6.64. The van der Waals surface area contributed by atoms with E-state index in [0.29, 0.717) is 29.5 Å². The molecular weight excluding hydrogens is 410 g/mol. The van der Waals surface area contributed by atoms with Crippen LogP contribution in [0.4, 0.5) is 5.69 Å². The van der Waals surface area contributed by atoms with Crippen LogP contribution in [0, 0.1) is 0 Å². The summed E-state index contributed by atoms with van der Waals surface area (Å²) in [4.78, 5) is 16.5. The molecule has 152 valence electrons. The Kier molecular flexibility index (Phi) is 7.06. The minimum absolute atomic E-state index is 0.124. The van der Waals surface area contributed by atoms with Gasteiger partial charge in [0.1, 0.15) is 5.84 Å². The Hall–Kier alpha value is -2.64. The first-order valence-electron chi connectivity index (χ1n) is 9.33. The van der Waals surface area contributed by atoms with Gasteiger partial charge < -0.3 is 5.32 Å². The van der Waals surface area contributed by atoms with E-state index in [2.05, 4.69) is 15.0 Å². The van der Waals surface area contributed by atoms with Crippen LogP contribution in [-0.4, -0.2) is 26.7 Å². The van der Waals surface area contributed by atoms with E-state index in [1.54, 1.807) is 42.5 Å². The number of benzene rings is 2. The molecule has 6 nitrogen and oxygen atoms in total. The summed E-state index contributed by atoms with van der Waals surface area (Å²) in [5, 5.41) is 3.33. The fraction of sp³-hybridized carbons (Fsp3) is 0.238. The van der Waals surface area contributed by atoms with Crippen LogP contribution >= 0.6 is 11.6 Å².